The van der Waals surface area contributed by atoms with Gasteiger partial charge in [0.05, 0.1) is 18.8 Å². The molecule has 0 aromatic heterocycles. The second-order valence-corrected chi connectivity index (χ2v) is 4.68. The number of hydrogen-bond acceptors (Lipinski definition) is 3. The highest BCUT2D eigenvalue weighted by Crippen LogP contribution is 2.20. The number of nitrogens with two attached hydrogens (primary N) is 1. The topological polar surface area (TPSA) is 55.5 Å². The van der Waals surface area contributed by atoms with Crippen molar-refractivity contribution in [3.8, 4) is 0 Å². The third-order valence-corrected chi connectivity index (χ3v) is 2.99. The van der Waals surface area contributed by atoms with Crippen LogP contribution >= 0.6 is 0 Å². The monoisotopic (exact) mass is 201 g/mol. The molecule has 0 spiro atoms. The van der Waals surface area contributed by atoms with Crippen LogP contribution in [0.5, 0.6) is 0 Å². The summed E-state index contributed by atoms with van der Waals surface area (Å²) < 4.78 is 5.65. The Morgan fingerprint density at radius 2 is 1.86 bits per heavy atom. The molecule has 0 heterocycles. The Bertz CT molecular complexity index is 153. The first-order chi connectivity index (χ1) is 6.59. The molecule has 0 bridgehead atoms. The zero-order valence-electron chi connectivity index (χ0n) is 9.28. The Balaban J connectivity index is 2.13. The van der Waals surface area contributed by atoms with Crippen LogP contribution in [0.4, 0.5) is 0 Å². The fourth-order valence-electron chi connectivity index (χ4n) is 1.68. The fraction of sp³-hybridized carbons (Fsp3) is 1.00. The van der Waals surface area contributed by atoms with Crippen LogP contribution in [0, 0.1) is 5.92 Å². The lowest BCUT2D eigenvalue weighted by molar-refractivity contribution is -0.0390. The highest BCUT2D eigenvalue weighted by molar-refractivity contribution is 4.75. The first kappa shape index (κ1) is 12.0. The highest BCUT2D eigenvalue weighted by atomic mass is 16.5. The van der Waals surface area contributed by atoms with Crippen molar-refractivity contribution >= 4 is 0 Å². The standard InChI is InChI=1S/C11H23NO2/c1-8(2)11(13)7-14-10-5-3-9(12)4-6-10/h8-11,13H,3-7,12H2,1-2H3/t9-,10-,11?. The lowest BCUT2D eigenvalue weighted by Gasteiger charge is -2.27. The van der Waals surface area contributed by atoms with Crippen LogP contribution in [0.3, 0.4) is 0 Å². The average Bonchev–Trinajstić information content (AvgIpc) is 2.16. The first-order valence-corrected chi connectivity index (χ1v) is 5.65. The second kappa shape index (κ2) is 5.69. The largest absolute Gasteiger partial charge is 0.390 e. The van der Waals surface area contributed by atoms with E-state index in [-0.39, 0.29) is 12.0 Å². The molecular weight excluding hydrogens is 178 g/mol. The number of aliphatic hydroxyl groups excluding tert-OH is 1. The molecule has 14 heavy (non-hydrogen) atoms. The lowest BCUT2D eigenvalue weighted by Crippen LogP contribution is -2.32. The van der Waals surface area contributed by atoms with Crippen LogP contribution in [0.15, 0.2) is 0 Å². The summed E-state index contributed by atoms with van der Waals surface area (Å²) in [5.41, 5.74) is 5.80. The molecule has 0 aromatic rings. The van der Waals surface area contributed by atoms with E-state index in [0.29, 0.717) is 18.8 Å². The maximum atomic E-state index is 9.56. The maximum Gasteiger partial charge on any atom is 0.0796 e. The van der Waals surface area contributed by atoms with Gasteiger partial charge in [0.25, 0.3) is 0 Å². The highest BCUT2D eigenvalue weighted by Gasteiger charge is 2.20. The van der Waals surface area contributed by atoms with Gasteiger partial charge in [0.1, 0.15) is 0 Å². The SMILES string of the molecule is CC(C)C(O)CO[C@H]1CC[C@H](N)CC1. The van der Waals surface area contributed by atoms with Gasteiger partial charge >= 0.3 is 0 Å². The van der Waals surface area contributed by atoms with E-state index in [1.165, 1.54) is 0 Å². The summed E-state index contributed by atoms with van der Waals surface area (Å²) in [5.74, 6) is 0.279. The van der Waals surface area contributed by atoms with E-state index >= 15 is 0 Å². The Morgan fingerprint density at radius 3 is 2.36 bits per heavy atom. The summed E-state index contributed by atoms with van der Waals surface area (Å²) in [4.78, 5) is 0. The Hall–Kier alpha value is -0.120. The number of ether oxygens (including phenoxy) is 1. The summed E-state index contributed by atoms with van der Waals surface area (Å²) in [6.45, 7) is 4.48. The molecule has 0 radical (unpaired) electrons. The van der Waals surface area contributed by atoms with Crippen molar-refractivity contribution in [3.05, 3.63) is 0 Å². The molecule has 1 unspecified atom stereocenters. The maximum absolute atomic E-state index is 9.56. The van der Waals surface area contributed by atoms with Gasteiger partial charge < -0.3 is 15.6 Å². The van der Waals surface area contributed by atoms with Gasteiger partial charge in [-0.1, -0.05) is 13.8 Å². The molecule has 0 aromatic carbocycles. The van der Waals surface area contributed by atoms with Gasteiger partial charge in [0, 0.05) is 6.04 Å². The van der Waals surface area contributed by atoms with Crippen LogP contribution in [0.1, 0.15) is 39.5 Å². The van der Waals surface area contributed by atoms with Gasteiger partial charge in [0.2, 0.25) is 0 Å². The Labute approximate surface area is 86.6 Å². The fourth-order valence-corrected chi connectivity index (χ4v) is 1.68. The normalized spacial score (nSPS) is 30.6. The van der Waals surface area contributed by atoms with E-state index in [4.69, 9.17) is 10.5 Å². The van der Waals surface area contributed by atoms with E-state index in [0.717, 1.165) is 25.7 Å². The van der Waals surface area contributed by atoms with Crippen molar-refractivity contribution < 1.29 is 9.84 Å². The second-order valence-electron chi connectivity index (χ2n) is 4.68. The third kappa shape index (κ3) is 3.95. The summed E-state index contributed by atoms with van der Waals surface area (Å²) >= 11 is 0. The van der Waals surface area contributed by atoms with Crippen LogP contribution in [-0.2, 0) is 4.74 Å². The van der Waals surface area contributed by atoms with Crippen LogP contribution in [0.2, 0.25) is 0 Å². The average molecular weight is 201 g/mol. The third-order valence-electron chi connectivity index (χ3n) is 2.99. The van der Waals surface area contributed by atoms with Crippen molar-refractivity contribution in [3.63, 3.8) is 0 Å². The van der Waals surface area contributed by atoms with Crippen molar-refractivity contribution in [1.29, 1.82) is 0 Å². The predicted octanol–water partition coefficient (Wildman–Crippen LogP) is 1.29. The van der Waals surface area contributed by atoms with E-state index in [1.807, 2.05) is 13.8 Å². The van der Waals surface area contributed by atoms with Gasteiger partial charge in [-0.3, -0.25) is 0 Å². The molecule has 1 saturated carbocycles. The summed E-state index contributed by atoms with van der Waals surface area (Å²) in [7, 11) is 0. The molecule has 1 rings (SSSR count). The zero-order valence-corrected chi connectivity index (χ0v) is 9.28. The zero-order chi connectivity index (χ0) is 10.6. The van der Waals surface area contributed by atoms with Crippen molar-refractivity contribution in [2.75, 3.05) is 6.61 Å². The van der Waals surface area contributed by atoms with Gasteiger partial charge in [-0.05, 0) is 31.6 Å². The summed E-state index contributed by atoms with van der Waals surface area (Å²) in [6, 6.07) is 0.366. The van der Waals surface area contributed by atoms with Gasteiger partial charge in [-0.2, -0.15) is 0 Å². The van der Waals surface area contributed by atoms with E-state index < -0.39 is 0 Å². The molecule has 0 aliphatic heterocycles. The first-order valence-electron chi connectivity index (χ1n) is 5.65. The van der Waals surface area contributed by atoms with E-state index in [2.05, 4.69) is 0 Å². The van der Waals surface area contributed by atoms with Crippen molar-refractivity contribution in [1.82, 2.24) is 0 Å². The van der Waals surface area contributed by atoms with Crippen molar-refractivity contribution in [2.45, 2.75) is 57.8 Å². The van der Waals surface area contributed by atoms with Gasteiger partial charge in [-0.15, -0.1) is 0 Å². The molecule has 0 amide bonds. The van der Waals surface area contributed by atoms with Crippen LogP contribution in [-0.4, -0.2) is 30.0 Å². The lowest BCUT2D eigenvalue weighted by atomic mass is 9.93. The summed E-state index contributed by atoms with van der Waals surface area (Å²) in [6.07, 6.45) is 4.21. The quantitative estimate of drug-likeness (QED) is 0.720. The molecule has 84 valence electrons. The number of hydrogen-bond donors (Lipinski definition) is 2. The van der Waals surface area contributed by atoms with Gasteiger partial charge in [0.15, 0.2) is 0 Å². The molecule has 1 atom stereocenters. The molecule has 1 aliphatic rings. The molecule has 3 nitrogen and oxygen atoms in total. The molecule has 3 N–H and O–H groups in total. The van der Waals surface area contributed by atoms with Crippen LogP contribution in [0.25, 0.3) is 0 Å². The molecule has 3 heteroatoms. The minimum absolute atomic E-state index is 0.279. The molecule has 1 aliphatic carbocycles. The molecular formula is C11H23NO2. The number of aliphatic hydroxyl groups is 1. The van der Waals surface area contributed by atoms with Crippen LogP contribution < -0.4 is 5.73 Å². The molecule has 1 fully saturated rings. The van der Waals surface area contributed by atoms with Gasteiger partial charge in [-0.25, -0.2) is 0 Å². The Morgan fingerprint density at radius 1 is 1.29 bits per heavy atom. The molecule has 0 saturated heterocycles. The minimum atomic E-state index is -0.328. The minimum Gasteiger partial charge on any atom is -0.390 e. The smallest absolute Gasteiger partial charge is 0.0796 e. The van der Waals surface area contributed by atoms with Crippen molar-refractivity contribution in [2.24, 2.45) is 11.7 Å². The van der Waals surface area contributed by atoms with E-state index in [9.17, 15) is 5.11 Å². The van der Waals surface area contributed by atoms with E-state index in [1.54, 1.807) is 0 Å². The Kier molecular flexibility index (Phi) is 4.85. The summed E-state index contributed by atoms with van der Waals surface area (Å²) in [5, 5.41) is 9.56. The predicted molar refractivity (Wildman–Crippen MR) is 57.0 cm³/mol. The number of rotatable bonds is 4.